The lowest BCUT2D eigenvalue weighted by molar-refractivity contribution is -0.143. The highest BCUT2D eigenvalue weighted by Gasteiger charge is 2.53. The molecule has 1 saturated carbocycles. The molecule has 2 aromatic rings. The molecule has 0 N–H and O–H groups in total. The molecule has 0 amide bonds. The molecule has 0 atom stereocenters. The number of benzene rings is 2. The van der Waals surface area contributed by atoms with Crippen molar-refractivity contribution < 1.29 is 23.2 Å². The number of rotatable bonds is 4. The first-order valence-electron chi connectivity index (χ1n) is 10.4. The van der Waals surface area contributed by atoms with E-state index < -0.39 is 23.7 Å². The molecule has 0 unspecified atom stereocenters. The number of carbonyl (C=O) groups excluding carboxylic acids is 1. The monoisotopic (exact) mass is 410 g/mol. The van der Waals surface area contributed by atoms with Crippen molar-refractivity contribution in [3.63, 3.8) is 0 Å². The summed E-state index contributed by atoms with van der Waals surface area (Å²) in [5.41, 5.74) is 2.45. The van der Waals surface area contributed by atoms with Crippen molar-refractivity contribution in [1.82, 2.24) is 0 Å². The number of carbonyl (C=O) groups is 1. The molecular weight excluding hydrogens is 382 g/mol. The van der Waals surface area contributed by atoms with Crippen LogP contribution in [0.15, 0.2) is 36.4 Å². The minimum Gasteiger partial charge on any atom is -0.468 e. The maximum absolute atomic E-state index is 15.1. The lowest BCUT2D eigenvalue weighted by Gasteiger charge is -2.32. The number of ether oxygens (including phenoxy) is 1. The standard InChI is InChI=1S/C24H28BFO4/c1-15-13-19(25-29-22(2,3)23(4,5)30-25)20(26)14-18(15)16-7-9-17(10-8-16)24(11-12-24)21(27)28-6/h7-10,13-14H,11-12H2,1-6H3. The Balaban J connectivity index is 1.63. The van der Waals surface area contributed by atoms with E-state index in [4.69, 9.17) is 14.0 Å². The second-order valence-corrected chi connectivity index (χ2v) is 9.43. The minimum atomic E-state index is -0.736. The number of hydrogen-bond donors (Lipinski definition) is 0. The number of aryl methyl sites for hydroxylation is 1. The van der Waals surface area contributed by atoms with Crippen molar-refractivity contribution in [1.29, 1.82) is 0 Å². The Kier molecular flexibility index (Phi) is 4.86. The maximum atomic E-state index is 15.1. The largest absolute Gasteiger partial charge is 0.497 e. The van der Waals surface area contributed by atoms with Gasteiger partial charge in [0.2, 0.25) is 0 Å². The zero-order valence-electron chi connectivity index (χ0n) is 18.5. The number of halogens is 1. The van der Waals surface area contributed by atoms with Crippen LogP contribution < -0.4 is 5.46 Å². The molecule has 4 nitrogen and oxygen atoms in total. The summed E-state index contributed by atoms with van der Waals surface area (Å²) in [6.07, 6.45) is 1.60. The molecule has 0 radical (unpaired) electrons. The van der Waals surface area contributed by atoms with Gasteiger partial charge in [0, 0.05) is 5.46 Å². The predicted molar refractivity (Wildman–Crippen MR) is 115 cm³/mol. The smallest absolute Gasteiger partial charge is 0.468 e. The first-order chi connectivity index (χ1) is 14.0. The van der Waals surface area contributed by atoms with Crippen LogP contribution in [0.3, 0.4) is 0 Å². The molecule has 158 valence electrons. The van der Waals surface area contributed by atoms with Gasteiger partial charge in [-0.15, -0.1) is 0 Å². The van der Waals surface area contributed by atoms with Gasteiger partial charge in [-0.25, -0.2) is 4.39 Å². The fourth-order valence-electron chi connectivity index (χ4n) is 4.07. The average Bonchev–Trinajstić information content (AvgIpc) is 3.46. The lowest BCUT2D eigenvalue weighted by atomic mass is 9.76. The van der Waals surface area contributed by atoms with Crippen LogP contribution in [0.4, 0.5) is 4.39 Å². The lowest BCUT2D eigenvalue weighted by Crippen LogP contribution is -2.41. The van der Waals surface area contributed by atoms with E-state index in [1.807, 2.05) is 58.9 Å². The van der Waals surface area contributed by atoms with Crippen LogP contribution in [0, 0.1) is 12.7 Å². The van der Waals surface area contributed by atoms with Gasteiger partial charge in [0.25, 0.3) is 0 Å². The Hall–Kier alpha value is -2.18. The van der Waals surface area contributed by atoms with Crippen LogP contribution in [0.2, 0.25) is 0 Å². The van der Waals surface area contributed by atoms with Crippen molar-refractivity contribution in [2.75, 3.05) is 7.11 Å². The highest BCUT2D eigenvalue weighted by molar-refractivity contribution is 6.62. The van der Waals surface area contributed by atoms with Gasteiger partial charge in [-0.05, 0) is 75.8 Å². The normalized spacial score (nSPS) is 20.8. The van der Waals surface area contributed by atoms with Crippen LogP contribution in [0.25, 0.3) is 11.1 Å². The van der Waals surface area contributed by atoms with E-state index in [0.29, 0.717) is 5.46 Å². The maximum Gasteiger partial charge on any atom is 0.497 e. The van der Waals surface area contributed by atoms with E-state index in [2.05, 4.69) is 0 Å². The molecule has 30 heavy (non-hydrogen) atoms. The zero-order chi connectivity index (χ0) is 21.9. The van der Waals surface area contributed by atoms with Gasteiger partial charge in [0.05, 0.1) is 23.7 Å². The van der Waals surface area contributed by atoms with Crippen LogP contribution >= 0.6 is 0 Å². The summed E-state index contributed by atoms with van der Waals surface area (Å²) < 4.78 is 32.1. The molecule has 0 bridgehead atoms. The fourth-order valence-corrected chi connectivity index (χ4v) is 4.07. The van der Waals surface area contributed by atoms with Crippen molar-refractivity contribution in [2.45, 2.75) is 64.1 Å². The number of esters is 1. The summed E-state index contributed by atoms with van der Waals surface area (Å²) in [6, 6.07) is 11.1. The predicted octanol–water partition coefficient (Wildman–Crippen LogP) is 4.30. The Morgan fingerprint density at radius 3 is 2.10 bits per heavy atom. The Morgan fingerprint density at radius 2 is 1.60 bits per heavy atom. The van der Waals surface area contributed by atoms with Crippen molar-refractivity contribution in [3.05, 3.63) is 53.3 Å². The fraction of sp³-hybridized carbons (Fsp3) is 0.458. The van der Waals surface area contributed by atoms with E-state index in [1.54, 1.807) is 6.07 Å². The molecule has 2 aliphatic rings. The van der Waals surface area contributed by atoms with Crippen LogP contribution in [-0.4, -0.2) is 31.4 Å². The molecule has 6 heteroatoms. The quantitative estimate of drug-likeness (QED) is 0.557. The molecule has 4 rings (SSSR count). The van der Waals surface area contributed by atoms with Gasteiger partial charge in [-0.1, -0.05) is 30.3 Å². The average molecular weight is 410 g/mol. The van der Waals surface area contributed by atoms with E-state index in [-0.39, 0.29) is 11.8 Å². The third kappa shape index (κ3) is 3.26. The third-order valence-corrected chi connectivity index (χ3v) is 6.93. The Morgan fingerprint density at radius 1 is 1.03 bits per heavy atom. The van der Waals surface area contributed by atoms with Gasteiger partial charge >= 0.3 is 13.1 Å². The first kappa shape index (κ1) is 21.1. The second-order valence-electron chi connectivity index (χ2n) is 9.43. The summed E-state index contributed by atoms with van der Waals surface area (Å²) in [6.45, 7) is 9.76. The van der Waals surface area contributed by atoms with Gasteiger partial charge in [0.1, 0.15) is 5.82 Å². The van der Waals surface area contributed by atoms with Crippen molar-refractivity contribution in [2.24, 2.45) is 0 Å². The van der Waals surface area contributed by atoms with Crippen molar-refractivity contribution >= 4 is 18.6 Å². The molecule has 0 aromatic heterocycles. The molecule has 2 aromatic carbocycles. The molecule has 1 heterocycles. The van der Waals surface area contributed by atoms with E-state index in [9.17, 15) is 4.79 Å². The molecule has 1 aliphatic heterocycles. The van der Waals surface area contributed by atoms with Crippen LogP contribution in [-0.2, 0) is 24.3 Å². The van der Waals surface area contributed by atoms with Gasteiger partial charge in [0.15, 0.2) is 0 Å². The first-order valence-corrected chi connectivity index (χ1v) is 10.4. The minimum absolute atomic E-state index is 0.191. The molecular formula is C24H28BFO4. The summed E-state index contributed by atoms with van der Waals surface area (Å²) in [5, 5.41) is 0. The van der Waals surface area contributed by atoms with Crippen molar-refractivity contribution in [3.8, 4) is 11.1 Å². The molecule has 1 aliphatic carbocycles. The van der Waals surface area contributed by atoms with Gasteiger partial charge in [-0.3, -0.25) is 4.79 Å². The SMILES string of the molecule is COC(=O)C1(c2ccc(-c3cc(F)c(B4OC(C)(C)C(C)(C)O4)cc3C)cc2)CC1. The van der Waals surface area contributed by atoms with Crippen LogP contribution in [0.5, 0.6) is 0 Å². The molecule has 2 fully saturated rings. The summed E-state index contributed by atoms with van der Waals surface area (Å²) in [4.78, 5) is 12.1. The third-order valence-electron chi connectivity index (χ3n) is 6.93. The van der Waals surface area contributed by atoms with Gasteiger partial charge in [-0.2, -0.15) is 0 Å². The second kappa shape index (κ2) is 6.93. The summed E-state index contributed by atoms with van der Waals surface area (Å²) in [7, 11) is 0.685. The highest BCUT2D eigenvalue weighted by Crippen LogP contribution is 2.49. The number of methoxy groups -OCH3 is 1. The van der Waals surface area contributed by atoms with E-state index >= 15 is 4.39 Å². The number of hydrogen-bond acceptors (Lipinski definition) is 4. The van der Waals surface area contributed by atoms with E-state index in [0.717, 1.165) is 35.1 Å². The molecule has 0 spiro atoms. The topological polar surface area (TPSA) is 44.8 Å². The Bertz CT molecular complexity index is 977. The molecule has 1 saturated heterocycles. The van der Waals surface area contributed by atoms with E-state index in [1.165, 1.54) is 13.2 Å². The summed E-state index contributed by atoms with van der Waals surface area (Å²) in [5.74, 6) is -0.546. The van der Waals surface area contributed by atoms with Gasteiger partial charge < -0.3 is 14.0 Å². The zero-order valence-corrected chi connectivity index (χ0v) is 18.5. The highest BCUT2D eigenvalue weighted by atomic mass is 19.1. The Labute approximate surface area is 177 Å². The summed E-state index contributed by atoms with van der Waals surface area (Å²) >= 11 is 0. The van der Waals surface area contributed by atoms with Crippen LogP contribution in [0.1, 0.15) is 51.7 Å².